The monoisotopic (exact) mass is 192 g/mol. The van der Waals surface area contributed by atoms with Gasteiger partial charge in [-0.1, -0.05) is 0 Å². The van der Waals surface area contributed by atoms with Gasteiger partial charge in [-0.3, -0.25) is 0 Å². The van der Waals surface area contributed by atoms with E-state index in [9.17, 15) is 0 Å². The number of rotatable bonds is 4. The van der Waals surface area contributed by atoms with Crippen molar-refractivity contribution in [3.8, 4) is 0 Å². The van der Waals surface area contributed by atoms with Crippen LogP contribution in [0.1, 0.15) is 0 Å². The second-order valence-electron chi connectivity index (χ2n) is 2.86. The first-order valence-electron chi connectivity index (χ1n) is 4.13. The first-order valence-corrected chi connectivity index (χ1v) is 4.13. The molecule has 0 aliphatic carbocycles. The molecule has 5 nitrogen and oxygen atoms in total. The van der Waals surface area contributed by atoms with Crippen LogP contribution in [0.2, 0.25) is 0 Å². The molecule has 0 saturated carbocycles. The Morgan fingerprint density at radius 3 is 2.08 bits per heavy atom. The van der Waals surface area contributed by atoms with Gasteiger partial charge in [-0.25, -0.2) is 0 Å². The standard InChI is InChI=1S/C8H16O5/c1-10-6-5(4-9)13-8(12-3)7(6)11-2/h5-9H,4H2,1-3H3/t5-,6+,7-,8+/m1/s1. The lowest BCUT2D eigenvalue weighted by molar-refractivity contribution is -0.159. The fourth-order valence-corrected chi connectivity index (χ4v) is 1.56. The predicted octanol–water partition coefficient (Wildman–Crippen LogP) is -0.620. The molecule has 13 heavy (non-hydrogen) atoms. The molecule has 1 aliphatic rings. The number of hydrogen-bond donors (Lipinski definition) is 1. The van der Waals surface area contributed by atoms with E-state index in [1.54, 1.807) is 14.2 Å². The zero-order chi connectivity index (χ0) is 9.84. The Morgan fingerprint density at radius 1 is 1.08 bits per heavy atom. The van der Waals surface area contributed by atoms with Crippen LogP contribution in [0, 0.1) is 0 Å². The maximum absolute atomic E-state index is 8.98. The molecule has 0 bridgehead atoms. The zero-order valence-electron chi connectivity index (χ0n) is 8.10. The smallest absolute Gasteiger partial charge is 0.186 e. The molecule has 1 rings (SSSR count). The molecule has 1 aliphatic heterocycles. The van der Waals surface area contributed by atoms with Crippen molar-refractivity contribution >= 4 is 0 Å². The number of aliphatic hydroxyl groups is 1. The van der Waals surface area contributed by atoms with Crippen LogP contribution < -0.4 is 0 Å². The van der Waals surface area contributed by atoms with Gasteiger partial charge >= 0.3 is 0 Å². The molecule has 0 aromatic carbocycles. The minimum Gasteiger partial charge on any atom is -0.394 e. The highest BCUT2D eigenvalue weighted by atomic mass is 16.7. The van der Waals surface area contributed by atoms with Gasteiger partial charge in [-0.15, -0.1) is 0 Å². The highest BCUT2D eigenvalue weighted by molar-refractivity contribution is 4.88. The average Bonchev–Trinajstić information content (AvgIpc) is 2.54. The number of methoxy groups -OCH3 is 3. The van der Waals surface area contributed by atoms with Gasteiger partial charge in [-0.2, -0.15) is 0 Å². The van der Waals surface area contributed by atoms with Crippen molar-refractivity contribution in [1.82, 2.24) is 0 Å². The summed E-state index contributed by atoms with van der Waals surface area (Å²) in [6.45, 7) is -0.0990. The summed E-state index contributed by atoms with van der Waals surface area (Å²) in [7, 11) is 4.65. The minimum atomic E-state index is -0.466. The van der Waals surface area contributed by atoms with Crippen molar-refractivity contribution in [2.24, 2.45) is 0 Å². The Bertz CT molecular complexity index is 135. The third kappa shape index (κ3) is 2.00. The number of aliphatic hydroxyl groups excluding tert-OH is 1. The Hall–Kier alpha value is -0.200. The Balaban J connectivity index is 2.65. The summed E-state index contributed by atoms with van der Waals surface area (Å²) in [6.07, 6.45) is -1.40. The second-order valence-corrected chi connectivity index (χ2v) is 2.86. The van der Waals surface area contributed by atoms with E-state index in [2.05, 4.69) is 0 Å². The third-order valence-electron chi connectivity index (χ3n) is 2.22. The van der Waals surface area contributed by atoms with Gasteiger partial charge in [0.1, 0.15) is 18.3 Å². The van der Waals surface area contributed by atoms with E-state index in [1.807, 2.05) is 0 Å². The molecular formula is C8H16O5. The fraction of sp³-hybridized carbons (Fsp3) is 1.00. The van der Waals surface area contributed by atoms with E-state index in [1.165, 1.54) is 7.11 Å². The van der Waals surface area contributed by atoms with Crippen molar-refractivity contribution in [1.29, 1.82) is 0 Å². The van der Waals surface area contributed by atoms with Gasteiger partial charge in [0.05, 0.1) is 6.61 Å². The topological polar surface area (TPSA) is 57.2 Å². The molecular weight excluding hydrogens is 176 g/mol. The first kappa shape index (κ1) is 10.9. The molecule has 0 amide bonds. The lowest BCUT2D eigenvalue weighted by Gasteiger charge is -2.19. The molecule has 1 heterocycles. The SMILES string of the molecule is CO[C@H]1O[C@H](CO)[C@H](OC)[C@H]1OC. The molecule has 78 valence electrons. The highest BCUT2D eigenvalue weighted by Gasteiger charge is 2.45. The van der Waals surface area contributed by atoms with Crippen LogP contribution in [0.15, 0.2) is 0 Å². The number of ether oxygens (including phenoxy) is 4. The quantitative estimate of drug-likeness (QED) is 0.643. The van der Waals surface area contributed by atoms with Crippen molar-refractivity contribution in [3.05, 3.63) is 0 Å². The van der Waals surface area contributed by atoms with Crippen LogP contribution in [0.4, 0.5) is 0 Å². The molecule has 5 heteroatoms. The van der Waals surface area contributed by atoms with Crippen molar-refractivity contribution in [2.75, 3.05) is 27.9 Å². The van der Waals surface area contributed by atoms with E-state index < -0.39 is 6.29 Å². The maximum atomic E-state index is 8.98. The summed E-state index contributed by atoms with van der Waals surface area (Å²) in [5, 5.41) is 8.98. The van der Waals surface area contributed by atoms with Crippen LogP contribution in [0.25, 0.3) is 0 Å². The molecule has 0 radical (unpaired) electrons. The average molecular weight is 192 g/mol. The predicted molar refractivity (Wildman–Crippen MR) is 44.3 cm³/mol. The van der Waals surface area contributed by atoms with Gasteiger partial charge in [0.15, 0.2) is 6.29 Å². The van der Waals surface area contributed by atoms with Crippen LogP contribution in [0.5, 0.6) is 0 Å². The first-order chi connectivity index (χ1) is 6.28. The molecule has 0 unspecified atom stereocenters. The van der Waals surface area contributed by atoms with Crippen molar-refractivity contribution < 1.29 is 24.1 Å². The Labute approximate surface area is 77.5 Å². The van der Waals surface area contributed by atoms with Gasteiger partial charge in [-0.05, 0) is 0 Å². The zero-order valence-corrected chi connectivity index (χ0v) is 8.10. The molecule has 0 aromatic rings. The summed E-state index contributed by atoms with van der Waals surface area (Å²) < 4.78 is 20.7. The van der Waals surface area contributed by atoms with Crippen LogP contribution in [-0.4, -0.2) is 57.6 Å². The van der Waals surface area contributed by atoms with Crippen LogP contribution in [-0.2, 0) is 18.9 Å². The van der Waals surface area contributed by atoms with E-state index in [0.717, 1.165) is 0 Å². The van der Waals surface area contributed by atoms with E-state index in [4.69, 9.17) is 24.1 Å². The summed E-state index contributed by atoms with van der Waals surface area (Å²) in [5.41, 5.74) is 0. The molecule has 0 aromatic heterocycles. The summed E-state index contributed by atoms with van der Waals surface area (Å²) in [6, 6.07) is 0. The summed E-state index contributed by atoms with van der Waals surface area (Å²) in [4.78, 5) is 0. The number of hydrogen-bond acceptors (Lipinski definition) is 5. The third-order valence-corrected chi connectivity index (χ3v) is 2.22. The van der Waals surface area contributed by atoms with Crippen molar-refractivity contribution in [2.45, 2.75) is 24.6 Å². The van der Waals surface area contributed by atoms with Gasteiger partial charge in [0.2, 0.25) is 0 Å². The van der Waals surface area contributed by atoms with Gasteiger partial charge < -0.3 is 24.1 Å². The van der Waals surface area contributed by atoms with E-state index in [0.29, 0.717) is 0 Å². The highest BCUT2D eigenvalue weighted by Crippen LogP contribution is 2.25. The summed E-state index contributed by atoms with van der Waals surface area (Å²) >= 11 is 0. The lowest BCUT2D eigenvalue weighted by atomic mass is 10.1. The molecule has 4 atom stereocenters. The largest absolute Gasteiger partial charge is 0.394 e. The Kier molecular flexibility index (Phi) is 4.08. The molecule has 0 spiro atoms. The lowest BCUT2D eigenvalue weighted by Crippen LogP contribution is -2.37. The fourth-order valence-electron chi connectivity index (χ4n) is 1.56. The molecule has 1 fully saturated rings. The van der Waals surface area contributed by atoms with E-state index >= 15 is 0 Å². The van der Waals surface area contributed by atoms with E-state index in [-0.39, 0.29) is 24.9 Å². The minimum absolute atomic E-state index is 0.0990. The Morgan fingerprint density at radius 2 is 1.69 bits per heavy atom. The maximum Gasteiger partial charge on any atom is 0.186 e. The van der Waals surface area contributed by atoms with Gasteiger partial charge in [0, 0.05) is 21.3 Å². The van der Waals surface area contributed by atoms with Crippen molar-refractivity contribution in [3.63, 3.8) is 0 Å². The van der Waals surface area contributed by atoms with Crippen LogP contribution >= 0.6 is 0 Å². The summed E-state index contributed by atoms with van der Waals surface area (Å²) in [5.74, 6) is 0. The molecule has 1 N–H and O–H groups in total. The normalized spacial score (nSPS) is 39.7. The second kappa shape index (κ2) is 4.88. The van der Waals surface area contributed by atoms with Gasteiger partial charge in [0.25, 0.3) is 0 Å². The molecule has 1 saturated heterocycles. The van der Waals surface area contributed by atoms with Crippen LogP contribution in [0.3, 0.4) is 0 Å².